The molecule has 0 saturated heterocycles. The first kappa shape index (κ1) is 28.8. The van der Waals surface area contributed by atoms with Crippen molar-refractivity contribution in [1.82, 2.24) is 0 Å². The number of rotatable bonds is 7. The number of fused-ring (bicyclic) bond motifs is 7. The van der Waals surface area contributed by atoms with Gasteiger partial charge in [0.15, 0.2) is 0 Å². The summed E-state index contributed by atoms with van der Waals surface area (Å²) in [7, 11) is 0. The van der Waals surface area contributed by atoms with Crippen molar-refractivity contribution in [3.8, 4) is 0 Å². The molecule has 4 saturated carbocycles. The molecule has 0 bridgehead atoms. The highest BCUT2D eigenvalue weighted by Gasteiger charge is 2.64. The van der Waals surface area contributed by atoms with Crippen LogP contribution in [0.1, 0.15) is 109 Å². The van der Waals surface area contributed by atoms with Crippen LogP contribution in [0.15, 0.2) is 41.7 Å². The number of hydrogen-bond acceptors (Lipinski definition) is 5. The molecule has 10 atom stereocenters. The van der Waals surface area contributed by atoms with Crippen LogP contribution in [0.25, 0.3) is 0 Å². The van der Waals surface area contributed by atoms with Crippen LogP contribution in [0.4, 0.5) is 0 Å². The largest absolute Gasteiger partial charge is 0.494 e. The Hall–Kier alpha value is -2.30. The van der Waals surface area contributed by atoms with E-state index in [2.05, 4.69) is 27.7 Å². The Kier molecular flexibility index (Phi) is 7.78. The monoisotopic (exact) mass is 562 g/mol. The first-order chi connectivity index (χ1) is 19.6. The Balaban J connectivity index is 1.10. The van der Waals surface area contributed by atoms with Crippen LogP contribution in [-0.2, 0) is 19.0 Å². The van der Waals surface area contributed by atoms with Gasteiger partial charge in [-0.15, -0.1) is 0 Å². The summed E-state index contributed by atoms with van der Waals surface area (Å²) < 4.78 is 18.0. The zero-order chi connectivity index (χ0) is 28.9. The van der Waals surface area contributed by atoms with Gasteiger partial charge in [0.1, 0.15) is 12.2 Å². The second-order valence-corrected chi connectivity index (χ2v) is 14.8. The lowest BCUT2D eigenvalue weighted by Gasteiger charge is -2.61. The van der Waals surface area contributed by atoms with Crippen LogP contribution in [0.5, 0.6) is 0 Å². The minimum Gasteiger partial charge on any atom is -0.494 e. The Morgan fingerprint density at radius 1 is 1.00 bits per heavy atom. The van der Waals surface area contributed by atoms with E-state index in [1.54, 1.807) is 0 Å². The molecule has 4 aliphatic carbocycles. The van der Waals surface area contributed by atoms with Crippen molar-refractivity contribution in [3.05, 3.63) is 47.2 Å². The van der Waals surface area contributed by atoms with E-state index in [0.717, 1.165) is 43.4 Å². The second kappa shape index (κ2) is 11.1. The minimum atomic E-state index is -0.198. The van der Waals surface area contributed by atoms with E-state index >= 15 is 0 Å². The first-order valence-electron chi connectivity index (χ1n) is 16.4. The fraction of sp³-hybridized carbons (Fsp3) is 0.722. The number of carbonyl (C=O) groups is 2. The molecule has 4 fully saturated rings. The molecule has 1 aromatic rings. The summed E-state index contributed by atoms with van der Waals surface area (Å²) in [5, 5.41) is 0. The molecular weight excluding hydrogens is 512 g/mol. The fourth-order valence-corrected chi connectivity index (χ4v) is 10.4. The fourth-order valence-electron chi connectivity index (χ4n) is 10.4. The first-order valence-corrected chi connectivity index (χ1v) is 16.4. The molecule has 5 aliphatic rings. The maximum Gasteiger partial charge on any atom is 0.338 e. The summed E-state index contributed by atoms with van der Waals surface area (Å²) >= 11 is 0. The van der Waals surface area contributed by atoms with Crippen LogP contribution in [0.3, 0.4) is 0 Å². The van der Waals surface area contributed by atoms with Crippen molar-refractivity contribution < 1.29 is 23.8 Å². The van der Waals surface area contributed by atoms with Crippen LogP contribution in [-0.4, -0.2) is 30.8 Å². The van der Waals surface area contributed by atoms with Gasteiger partial charge < -0.3 is 14.2 Å². The van der Waals surface area contributed by atoms with E-state index in [9.17, 15) is 9.59 Å². The molecule has 0 N–H and O–H groups in total. The maximum absolute atomic E-state index is 12.8. The molecule has 1 heterocycles. The maximum atomic E-state index is 12.8. The van der Waals surface area contributed by atoms with Crippen LogP contribution in [0, 0.1) is 46.3 Å². The SMILES string of the molecule is CC(=O)OC[C@H](C)CCC1=C(C)[C@@H]2[C@H](C[C@@H]3[C@@H]4CC[C@H]5C[C@H](OC(=O)c6ccccc6)CC[C@]5(C)[C@H]4CC[C@@]32C)O1. The third kappa shape index (κ3) is 5.14. The van der Waals surface area contributed by atoms with Crippen molar-refractivity contribution in [1.29, 1.82) is 0 Å². The molecule has 0 unspecified atom stereocenters. The predicted octanol–water partition coefficient (Wildman–Crippen LogP) is 8.13. The normalized spacial score (nSPS) is 40.0. The summed E-state index contributed by atoms with van der Waals surface area (Å²) in [5.74, 6) is 4.69. The van der Waals surface area contributed by atoms with Gasteiger partial charge in [0.2, 0.25) is 0 Å². The lowest BCUT2D eigenvalue weighted by atomic mass is 9.44. The average Bonchev–Trinajstić information content (AvgIpc) is 3.44. The summed E-state index contributed by atoms with van der Waals surface area (Å²) in [4.78, 5) is 23.9. The smallest absolute Gasteiger partial charge is 0.338 e. The molecule has 5 nitrogen and oxygen atoms in total. The molecule has 0 aromatic heterocycles. The third-order valence-electron chi connectivity index (χ3n) is 12.5. The summed E-state index contributed by atoms with van der Waals surface area (Å²) in [6.07, 6.45) is 11.9. The predicted molar refractivity (Wildman–Crippen MR) is 159 cm³/mol. The Labute approximate surface area is 246 Å². The number of ether oxygens (including phenoxy) is 3. The van der Waals surface area contributed by atoms with E-state index in [1.807, 2.05) is 30.3 Å². The molecule has 6 rings (SSSR count). The van der Waals surface area contributed by atoms with Gasteiger partial charge in [-0.1, -0.05) is 39.0 Å². The highest BCUT2D eigenvalue weighted by atomic mass is 16.5. The molecule has 0 amide bonds. The Morgan fingerprint density at radius 2 is 1.76 bits per heavy atom. The molecule has 0 radical (unpaired) electrons. The Morgan fingerprint density at radius 3 is 2.51 bits per heavy atom. The molecule has 41 heavy (non-hydrogen) atoms. The van der Waals surface area contributed by atoms with Crippen LogP contribution >= 0.6 is 0 Å². The van der Waals surface area contributed by atoms with E-state index in [-0.39, 0.29) is 18.0 Å². The third-order valence-corrected chi connectivity index (χ3v) is 12.5. The van der Waals surface area contributed by atoms with E-state index in [4.69, 9.17) is 14.2 Å². The van der Waals surface area contributed by atoms with Crippen LogP contribution in [0.2, 0.25) is 0 Å². The molecule has 5 heteroatoms. The highest BCUT2D eigenvalue weighted by Crippen LogP contribution is 2.69. The van der Waals surface area contributed by atoms with Gasteiger partial charge in [0.05, 0.1) is 17.9 Å². The molecule has 0 spiro atoms. The van der Waals surface area contributed by atoms with Crippen molar-refractivity contribution in [2.45, 2.75) is 111 Å². The van der Waals surface area contributed by atoms with E-state index in [0.29, 0.717) is 46.9 Å². The zero-order valence-corrected chi connectivity index (χ0v) is 25.8. The van der Waals surface area contributed by atoms with Crippen molar-refractivity contribution in [2.75, 3.05) is 6.61 Å². The quantitative estimate of drug-likeness (QED) is 0.314. The Bertz CT molecular complexity index is 1170. The molecule has 224 valence electrons. The molecule has 1 aromatic carbocycles. The van der Waals surface area contributed by atoms with Crippen molar-refractivity contribution in [2.24, 2.45) is 46.3 Å². The number of carbonyl (C=O) groups excluding carboxylic acids is 2. The van der Waals surface area contributed by atoms with Gasteiger partial charge in [-0.05, 0) is 123 Å². The number of allylic oxidation sites excluding steroid dienone is 1. The topological polar surface area (TPSA) is 61.8 Å². The van der Waals surface area contributed by atoms with Crippen LogP contribution < -0.4 is 0 Å². The van der Waals surface area contributed by atoms with E-state index in [1.165, 1.54) is 56.8 Å². The lowest BCUT2D eigenvalue weighted by Crippen LogP contribution is -2.54. The summed E-state index contributed by atoms with van der Waals surface area (Å²) in [6, 6.07) is 9.45. The van der Waals surface area contributed by atoms with Gasteiger partial charge >= 0.3 is 11.9 Å². The highest BCUT2D eigenvalue weighted by molar-refractivity contribution is 5.89. The second-order valence-electron chi connectivity index (χ2n) is 14.8. The summed E-state index contributed by atoms with van der Waals surface area (Å²) in [6.45, 7) is 11.6. The van der Waals surface area contributed by atoms with Gasteiger partial charge in [0, 0.05) is 19.3 Å². The number of esters is 2. The molecular formula is C36H50O5. The van der Waals surface area contributed by atoms with Crippen molar-refractivity contribution in [3.63, 3.8) is 0 Å². The number of benzene rings is 1. The summed E-state index contributed by atoms with van der Waals surface area (Å²) in [5.41, 5.74) is 2.84. The van der Waals surface area contributed by atoms with Gasteiger partial charge in [-0.25, -0.2) is 4.79 Å². The number of hydrogen-bond donors (Lipinski definition) is 0. The minimum absolute atomic E-state index is 0.0494. The van der Waals surface area contributed by atoms with E-state index < -0.39 is 0 Å². The standard InChI is InChI=1S/C36H50O5/c1-22(21-39-24(3)37)11-14-31-23(2)33-32(41-31)20-30-28-13-12-26-19-27(40-34(38)25-9-7-6-8-10-25)15-17-35(26,4)29(28)16-18-36(30,33)5/h6-10,22,26-30,32-33H,11-21H2,1-5H3/t22-,26+,27-,28-,29+,30-,32+,33-,35+,36+/m1/s1. The van der Waals surface area contributed by atoms with Gasteiger partial charge in [-0.2, -0.15) is 0 Å². The zero-order valence-electron chi connectivity index (χ0n) is 25.8. The van der Waals surface area contributed by atoms with Crippen molar-refractivity contribution >= 4 is 11.9 Å². The average molecular weight is 563 g/mol. The lowest BCUT2D eigenvalue weighted by molar-refractivity contribution is -0.142. The molecule has 1 aliphatic heterocycles. The van der Waals surface area contributed by atoms with Gasteiger partial charge in [0.25, 0.3) is 0 Å². The van der Waals surface area contributed by atoms with Gasteiger partial charge in [-0.3, -0.25) is 4.79 Å².